The van der Waals surface area contributed by atoms with Gasteiger partial charge < -0.3 is 19.9 Å². The number of benzene rings is 2. The second-order valence-corrected chi connectivity index (χ2v) is 6.05. The third-order valence-corrected chi connectivity index (χ3v) is 4.08. The molecule has 0 amide bonds. The highest BCUT2D eigenvalue weighted by Gasteiger charge is 2.18. The van der Waals surface area contributed by atoms with E-state index in [2.05, 4.69) is 5.32 Å². The van der Waals surface area contributed by atoms with Crippen molar-refractivity contribution in [2.45, 2.75) is 39.8 Å². The first-order chi connectivity index (χ1) is 12.5. The monoisotopic (exact) mass is 357 g/mol. The summed E-state index contributed by atoms with van der Waals surface area (Å²) in [5, 5.41) is 13.7. The van der Waals surface area contributed by atoms with Gasteiger partial charge in [0.15, 0.2) is 11.5 Å². The SMILES string of the molecule is CCOC(=O)C[C@H](NCc1cccc(OCC)c1O)c1ccc(C)cc1. The minimum atomic E-state index is -0.252. The first-order valence-corrected chi connectivity index (χ1v) is 8.94. The van der Waals surface area contributed by atoms with E-state index in [4.69, 9.17) is 9.47 Å². The maximum atomic E-state index is 12.0. The topological polar surface area (TPSA) is 67.8 Å². The van der Waals surface area contributed by atoms with Gasteiger partial charge in [-0.2, -0.15) is 0 Å². The van der Waals surface area contributed by atoms with E-state index < -0.39 is 0 Å². The molecule has 2 aromatic carbocycles. The molecule has 0 aliphatic rings. The number of phenols is 1. The molecule has 0 unspecified atom stereocenters. The molecule has 1 atom stereocenters. The van der Waals surface area contributed by atoms with Crippen molar-refractivity contribution in [1.82, 2.24) is 5.32 Å². The van der Waals surface area contributed by atoms with E-state index >= 15 is 0 Å². The number of hydrogen-bond acceptors (Lipinski definition) is 5. The van der Waals surface area contributed by atoms with E-state index in [0.717, 1.165) is 16.7 Å². The van der Waals surface area contributed by atoms with Crippen molar-refractivity contribution < 1.29 is 19.4 Å². The number of carbonyl (C=O) groups excluding carboxylic acids is 1. The van der Waals surface area contributed by atoms with Crippen molar-refractivity contribution in [3.05, 3.63) is 59.2 Å². The number of carbonyl (C=O) groups is 1. The lowest BCUT2D eigenvalue weighted by Gasteiger charge is -2.20. The van der Waals surface area contributed by atoms with Crippen LogP contribution in [0.25, 0.3) is 0 Å². The highest BCUT2D eigenvalue weighted by molar-refractivity contribution is 5.70. The number of para-hydroxylation sites is 1. The van der Waals surface area contributed by atoms with Crippen LogP contribution >= 0.6 is 0 Å². The Kier molecular flexibility index (Phi) is 7.48. The largest absolute Gasteiger partial charge is 0.504 e. The van der Waals surface area contributed by atoms with Crippen LogP contribution in [0, 0.1) is 6.92 Å². The number of esters is 1. The van der Waals surface area contributed by atoms with Gasteiger partial charge in [0.2, 0.25) is 0 Å². The molecular weight excluding hydrogens is 330 g/mol. The fourth-order valence-electron chi connectivity index (χ4n) is 2.71. The molecule has 5 nitrogen and oxygen atoms in total. The zero-order valence-corrected chi connectivity index (χ0v) is 15.6. The molecule has 0 aromatic heterocycles. The Bertz CT molecular complexity index is 712. The Hall–Kier alpha value is -2.53. The molecule has 0 spiro atoms. The second-order valence-electron chi connectivity index (χ2n) is 6.05. The average Bonchev–Trinajstić information content (AvgIpc) is 2.62. The summed E-state index contributed by atoms with van der Waals surface area (Å²) in [6, 6.07) is 13.2. The quantitative estimate of drug-likeness (QED) is 0.667. The predicted molar refractivity (Wildman–Crippen MR) is 101 cm³/mol. The van der Waals surface area contributed by atoms with Gasteiger partial charge in [0, 0.05) is 18.2 Å². The van der Waals surface area contributed by atoms with Crippen molar-refractivity contribution in [1.29, 1.82) is 0 Å². The molecule has 2 N–H and O–H groups in total. The molecule has 2 aromatic rings. The molecule has 0 aliphatic carbocycles. The summed E-state index contributed by atoms with van der Waals surface area (Å²) in [7, 11) is 0. The van der Waals surface area contributed by atoms with Gasteiger partial charge in [-0.15, -0.1) is 0 Å². The fourth-order valence-corrected chi connectivity index (χ4v) is 2.71. The summed E-state index contributed by atoms with van der Waals surface area (Å²) in [6.07, 6.45) is 0.225. The Morgan fingerprint density at radius 1 is 1.12 bits per heavy atom. The molecule has 0 saturated heterocycles. The van der Waals surface area contributed by atoms with Crippen molar-refractivity contribution in [2.75, 3.05) is 13.2 Å². The summed E-state index contributed by atoms with van der Waals surface area (Å²) >= 11 is 0. The van der Waals surface area contributed by atoms with Crippen LogP contribution in [0.2, 0.25) is 0 Å². The third-order valence-electron chi connectivity index (χ3n) is 4.08. The molecule has 140 valence electrons. The van der Waals surface area contributed by atoms with Crippen molar-refractivity contribution in [3.63, 3.8) is 0 Å². The summed E-state index contributed by atoms with van der Waals surface area (Å²) < 4.78 is 10.5. The summed E-state index contributed by atoms with van der Waals surface area (Å²) in [5.41, 5.74) is 2.88. The van der Waals surface area contributed by atoms with Crippen LogP contribution in [0.1, 0.15) is 43.0 Å². The van der Waals surface area contributed by atoms with Crippen LogP contribution in [0.3, 0.4) is 0 Å². The first kappa shape index (κ1) is 19.8. The van der Waals surface area contributed by atoms with E-state index in [-0.39, 0.29) is 24.2 Å². The first-order valence-electron chi connectivity index (χ1n) is 8.94. The van der Waals surface area contributed by atoms with Gasteiger partial charge in [-0.25, -0.2) is 0 Å². The smallest absolute Gasteiger partial charge is 0.307 e. The number of hydrogen-bond donors (Lipinski definition) is 2. The average molecular weight is 357 g/mol. The summed E-state index contributed by atoms with van der Waals surface area (Å²) in [6.45, 7) is 6.94. The lowest BCUT2D eigenvalue weighted by Crippen LogP contribution is -2.24. The van der Waals surface area contributed by atoms with Gasteiger partial charge in [-0.05, 0) is 32.4 Å². The van der Waals surface area contributed by atoms with Crippen LogP contribution in [0.5, 0.6) is 11.5 Å². The van der Waals surface area contributed by atoms with Gasteiger partial charge >= 0.3 is 5.97 Å². The minimum absolute atomic E-state index is 0.126. The van der Waals surface area contributed by atoms with Crippen LogP contribution in [-0.2, 0) is 16.1 Å². The number of phenolic OH excluding ortho intramolecular Hbond substituents is 1. The van der Waals surface area contributed by atoms with Gasteiger partial charge in [0.1, 0.15) is 0 Å². The van der Waals surface area contributed by atoms with E-state index in [1.165, 1.54) is 0 Å². The lowest BCUT2D eigenvalue weighted by atomic mass is 10.0. The maximum Gasteiger partial charge on any atom is 0.307 e. The van der Waals surface area contributed by atoms with Crippen LogP contribution < -0.4 is 10.1 Å². The van der Waals surface area contributed by atoms with E-state index in [0.29, 0.717) is 25.5 Å². The molecule has 0 fully saturated rings. The van der Waals surface area contributed by atoms with Gasteiger partial charge in [0.05, 0.1) is 19.6 Å². The molecule has 26 heavy (non-hydrogen) atoms. The Labute approximate surface area is 155 Å². The predicted octanol–water partition coefficient (Wildman–Crippen LogP) is 3.88. The Morgan fingerprint density at radius 2 is 1.85 bits per heavy atom. The number of rotatable bonds is 9. The second kappa shape index (κ2) is 9.82. The molecule has 0 bridgehead atoms. The van der Waals surface area contributed by atoms with Crippen molar-refractivity contribution in [2.24, 2.45) is 0 Å². The number of aromatic hydroxyl groups is 1. The molecule has 0 aliphatic heterocycles. The third kappa shape index (κ3) is 5.49. The zero-order chi connectivity index (χ0) is 18.9. The molecular formula is C21H27NO4. The Morgan fingerprint density at radius 3 is 2.50 bits per heavy atom. The molecule has 0 heterocycles. The number of ether oxygens (including phenoxy) is 2. The molecule has 2 rings (SSSR count). The molecule has 0 saturated carbocycles. The zero-order valence-electron chi connectivity index (χ0n) is 15.6. The van der Waals surface area contributed by atoms with E-state index in [9.17, 15) is 9.90 Å². The minimum Gasteiger partial charge on any atom is -0.504 e. The highest BCUT2D eigenvalue weighted by atomic mass is 16.5. The fraction of sp³-hybridized carbons (Fsp3) is 0.381. The molecule has 0 radical (unpaired) electrons. The summed E-state index contributed by atoms with van der Waals surface area (Å²) in [5.74, 6) is 0.336. The normalized spacial score (nSPS) is 11.8. The van der Waals surface area contributed by atoms with Gasteiger partial charge in [-0.3, -0.25) is 4.79 Å². The number of aryl methyl sites for hydroxylation is 1. The standard InChI is InChI=1S/C21H27NO4/c1-4-25-19-8-6-7-17(21(19)24)14-22-18(13-20(23)26-5-2)16-11-9-15(3)10-12-16/h6-12,18,22,24H,4-5,13-14H2,1-3H3/t18-/m0/s1. The van der Waals surface area contributed by atoms with Gasteiger partial charge in [-0.1, -0.05) is 42.0 Å². The van der Waals surface area contributed by atoms with Crippen molar-refractivity contribution >= 4 is 5.97 Å². The Balaban J connectivity index is 2.15. The van der Waals surface area contributed by atoms with E-state index in [1.54, 1.807) is 13.0 Å². The maximum absolute atomic E-state index is 12.0. The number of nitrogens with one attached hydrogen (secondary N) is 1. The van der Waals surface area contributed by atoms with E-state index in [1.807, 2.05) is 50.2 Å². The van der Waals surface area contributed by atoms with Crippen LogP contribution in [0.4, 0.5) is 0 Å². The lowest BCUT2D eigenvalue weighted by molar-refractivity contribution is -0.143. The van der Waals surface area contributed by atoms with Crippen LogP contribution in [-0.4, -0.2) is 24.3 Å². The molecule has 5 heteroatoms. The van der Waals surface area contributed by atoms with Crippen LogP contribution in [0.15, 0.2) is 42.5 Å². The summed E-state index contributed by atoms with van der Waals surface area (Å²) in [4.78, 5) is 12.0. The highest BCUT2D eigenvalue weighted by Crippen LogP contribution is 2.30. The van der Waals surface area contributed by atoms with Crippen molar-refractivity contribution in [3.8, 4) is 11.5 Å². The van der Waals surface area contributed by atoms with Gasteiger partial charge in [0.25, 0.3) is 0 Å².